The third-order valence-corrected chi connectivity index (χ3v) is 4.52. The number of hydrogen-bond donors (Lipinski definition) is 0. The van der Waals surface area contributed by atoms with E-state index in [2.05, 4.69) is 16.0 Å². The lowest BCUT2D eigenvalue weighted by Crippen LogP contribution is -2.35. The molecule has 1 amide bonds. The van der Waals surface area contributed by atoms with Gasteiger partial charge in [-0.05, 0) is 35.7 Å². The van der Waals surface area contributed by atoms with E-state index in [0.29, 0.717) is 6.61 Å². The first-order chi connectivity index (χ1) is 12.3. The zero-order chi connectivity index (χ0) is 17.5. The number of carbonyl (C=O) groups excluding carboxylic acids is 1. The molecule has 5 nitrogen and oxygen atoms in total. The van der Waals surface area contributed by atoms with Gasteiger partial charge in [-0.2, -0.15) is 0 Å². The van der Waals surface area contributed by atoms with E-state index >= 15 is 0 Å². The average molecular weight is 339 g/mol. The summed E-state index contributed by atoms with van der Waals surface area (Å²) >= 11 is 0. The molecule has 0 spiro atoms. The highest BCUT2D eigenvalue weighted by Gasteiger charge is 2.20. The summed E-state index contributed by atoms with van der Waals surface area (Å²) in [7, 11) is 1.67. The van der Waals surface area contributed by atoms with Gasteiger partial charge in [-0.3, -0.25) is 14.7 Å². The van der Waals surface area contributed by atoms with Gasteiger partial charge >= 0.3 is 0 Å². The monoisotopic (exact) mass is 339 g/mol. The van der Waals surface area contributed by atoms with Crippen molar-refractivity contribution in [3.8, 4) is 0 Å². The zero-order valence-corrected chi connectivity index (χ0v) is 14.7. The molecule has 3 rings (SSSR count). The number of methoxy groups -OCH3 is 1. The SMILES string of the molecule is COCc1ccc(C(=O)N2CCCN(Cc3cccnc3)CC2)cc1. The Morgan fingerprint density at radius 1 is 1.08 bits per heavy atom. The number of pyridine rings is 1. The topological polar surface area (TPSA) is 45.7 Å². The minimum absolute atomic E-state index is 0.118. The van der Waals surface area contributed by atoms with Crippen LogP contribution in [-0.4, -0.2) is 54.0 Å². The Kier molecular flexibility index (Phi) is 6.14. The van der Waals surface area contributed by atoms with Crippen LogP contribution in [0.4, 0.5) is 0 Å². The fourth-order valence-corrected chi connectivity index (χ4v) is 3.17. The molecule has 5 heteroatoms. The fourth-order valence-electron chi connectivity index (χ4n) is 3.17. The van der Waals surface area contributed by atoms with Gasteiger partial charge in [-0.25, -0.2) is 0 Å². The van der Waals surface area contributed by atoms with Gasteiger partial charge in [0.05, 0.1) is 6.61 Å². The first-order valence-corrected chi connectivity index (χ1v) is 8.74. The van der Waals surface area contributed by atoms with Crippen LogP contribution in [0.3, 0.4) is 0 Å². The van der Waals surface area contributed by atoms with Crippen molar-refractivity contribution in [2.45, 2.75) is 19.6 Å². The maximum absolute atomic E-state index is 12.8. The van der Waals surface area contributed by atoms with Crippen molar-refractivity contribution in [3.05, 3.63) is 65.5 Å². The Labute approximate surface area is 149 Å². The lowest BCUT2D eigenvalue weighted by Gasteiger charge is -2.22. The molecule has 1 fully saturated rings. The number of rotatable bonds is 5. The molecule has 0 unspecified atom stereocenters. The van der Waals surface area contributed by atoms with Gasteiger partial charge in [0.2, 0.25) is 0 Å². The normalized spacial score (nSPS) is 15.8. The summed E-state index contributed by atoms with van der Waals surface area (Å²) in [5, 5.41) is 0. The van der Waals surface area contributed by atoms with E-state index in [1.54, 1.807) is 13.3 Å². The number of aromatic nitrogens is 1. The van der Waals surface area contributed by atoms with Crippen LogP contribution in [0.15, 0.2) is 48.8 Å². The minimum atomic E-state index is 0.118. The second kappa shape index (κ2) is 8.74. The highest BCUT2D eigenvalue weighted by molar-refractivity contribution is 5.94. The van der Waals surface area contributed by atoms with Crippen molar-refractivity contribution in [3.63, 3.8) is 0 Å². The number of carbonyl (C=O) groups is 1. The summed E-state index contributed by atoms with van der Waals surface area (Å²) in [6.45, 7) is 4.93. The summed E-state index contributed by atoms with van der Waals surface area (Å²) < 4.78 is 5.12. The highest BCUT2D eigenvalue weighted by Crippen LogP contribution is 2.13. The van der Waals surface area contributed by atoms with Crippen molar-refractivity contribution in [2.75, 3.05) is 33.3 Å². The molecule has 2 heterocycles. The number of hydrogen-bond acceptors (Lipinski definition) is 4. The summed E-state index contributed by atoms with van der Waals surface area (Å²) in [4.78, 5) is 21.3. The molecule has 0 atom stereocenters. The van der Waals surface area contributed by atoms with Crippen molar-refractivity contribution in [1.82, 2.24) is 14.8 Å². The maximum atomic E-state index is 12.8. The molecule has 0 aliphatic carbocycles. The third-order valence-electron chi connectivity index (χ3n) is 4.52. The standard InChI is InChI=1S/C20H25N3O2/c1-25-16-17-5-7-19(8-6-17)20(24)23-11-3-10-22(12-13-23)15-18-4-2-9-21-14-18/h2,4-9,14H,3,10-13,15-16H2,1H3. The summed E-state index contributed by atoms with van der Waals surface area (Å²) in [6, 6.07) is 11.8. The van der Waals surface area contributed by atoms with Gasteiger partial charge in [0, 0.05) is 57.8 Å². The lowest BCUT2D eigenvalue weighted by atomic mass is 10.1. The molecule has 0 saturated carbocycles. The van der Waals surface area contributed by atoms with Crippen molar-refractivity contribution < 1.29 is 9.53 Å². The predicted molar refractivity (Wildman–Crippen MR) is 97.2 cm³/mol. The smallest absolute Gasteiger partial charge is 0.253 e. The molecule has 0 radical (unpaired) electrons. The van der Waals surface area contributed by atoms with E-state index < -0.39 is 0 Å². The third kappa shape index (κ3) is 4.87. The van der Waals surface area contributed by atoms with Crippen LogP contribution in [0.5, 0.6) is 0 Å². The molecule has 25 heavy (non-hydrogen) atoms. The molecule has 1 aromatic heterocycles. The van der Waals surface area contributed by atoms with Gasteiger partial charge in [-0.1, -0.05) is 18.2 Å². The minimum Gasteiger partial charge on any atom is -0.380 e. The Balaban J connectivity index is 1.57. The first-order valence-electron chi connectivity index (χ1n) is 8.74. The van der Waals surface area contributed by atoms with Crippen LogP contribution >= 0.6 is 0 Å². The van der Waals surface area contributed by atoms with Crippen molar-refractivity contribution in [2.24, 2.45) is 0 Å². The molecule has 2 aromatic rings. The Hall–Kier alpha value is -2.24. The molecule has 0 N–H and O–H groups in total. The number of benzene rings is 1. The van der Waals surface area contributed by atoms with E-state index in [1.807, 2.05) is 41.4 Å². The van der Waals surface area contributed by atoms with Crippen LogP contribution in [0.25, 0.3) is 0 Å². The van der Waals surface area contributed by atoms with Crippen LogP contribution < -0.4 is 0 Å². The molecule has 132 valence electrons. The number of amides is 1. The van der Waals surface area contributed by atoms with E-state index in [-0.39, 0.29) is 5.91 Å². The Morgan fingerprint density at radius 3 is 2.64 bits per heavy atom. The molecule has 0 bridgehead atoms. The molecular formula is C20H25N3O2. The quantitative estimate of drug-likeness (QED) is 0.840. The number of ether oxygens (including phenoxy) is 1. The molecule has 1 aliphatic rings. The van der Waals surface area contributed by atoms with E-state index in [0.717, 1.165) is 50.3 Å². The predicted octanol–water partition coefficient (Wildman–Crippen LogP) is 2.58. The zero-order valence-electron chi connectivity index (χ0n) is 14.7. The van der Waals surface area contributed by atoms with Gasteiger partial charge in [0.25, 0.3) is 5.91 Å². The second-order valence-corrected chi connectivity index (χ2v) is 6.41. The van der Waals surface area contributed by atoms with Gasteiger partial charge in [0.15, 0.2) is 0 Å². The maximum Gasteiger partial charge on any atom is 0.253 e. The van der Waals surface area contributed by atoms with E-state index in [9.17, 15) is 4.79 Å². The molecular weight excluding hydrogens is 314 g/mol. The first kappa shape index (κ1) is 17.6. The average Bonchev–Trinajstić information content (AvgIpc) is 2.89. The van der Waals surface area contributed by atoms with Crippen molar-refractivity contribution >= 4 is 5.91 Å². The largest absolute Gasteiger partial charge is 0.380 e. The van der Waals surface area contributed by atoms with Crippen LogP contribution in [0, 0.1) is 0 Å². The summed E-state index contributed by atoms with van der Waals surface area (Å²) in [6.07, 6.45) is 4.70. The van der Waals surface area contributed by atoms with E-state index in [1.165, 1.54) is 5.56 Å². The summed E-state index contributed by atoms with van der Waals surface area (Å²) in [5.74, 6) is 0.118. The van der Waals surface area contributed by atoms with Crippen molar-refractivity contribution in [1.29, 1.82) is 0 Å². The molecule has 1 saturated heterocycles. The molecule has 1 aliphatic heterocycles. The Bertz CT molecular complexity index is 673. The van der Waals surface area contributed by atoms with Crippen LogP contribution in [-0.2, 0) is 17.9 Å². The fraction of sp³-hybridized carbons (Fsp3) is 0.400. The van der Waals surface area contributed by atoms with E-state index in [4.69, 9.17) is 4.74 Å². The van der Waals surface area contributed by atoms with Crippen LogP contribution in [0.2, 0.25) is 0 Å². The lowest BCUT2D eigenvalue weighted by molar-refractivity contribution is 0.0761. The van der Waals surface area contributed by atoms with Crippen LogP contribution in [0.1, 0.15) is 27.9 Å². The summed E-state index contributed by atoms with van der Waals surface area (Å²) in [5.41, 5.74) is 3.05. The Morgan fingerprint density at radius 2 is 1.92 bits per heavy atom. The second-order valence-electron chi connectivity index (χ2n) is 6.41. The highest BCUT2D eigenvalue weighted by atomic mass is 16.5. The van der Waals surface area contributed by atoms with Gasteiger partial charge in [-0.15, -0.1) is 0 Å². The number of nitrogens with zero attached hydrogens (tertiary/aromatic N) is 3. The molecule has 1 aromatic carbocycles. The van der Waals surface area contributed by atoms with Gasteiger partial charge in [0.1, 0.15) is 0 Å². The van der Waals surface area contributed by atoms with Gasteiger partial charge < -0.3 is 9.64 Å².